The van der Waals surface area contributed by atoms with Crippen LogP contribution in [0.5, 0.6) is 5.75 Å². The van der Waals surface area contributed by atoms with E-state index in [9.17, 15) is 0 Å². The van der Waals surface area contributed by atoms with E-state index in [2.05, 4.69) is 29.7 Å². The van der Waals surface area contributed by atoms with Crippen molar-refractivity contribution in [3.05, 3.63) is 29.8 Å². The molecule has 0 saturated heterocycles. The van der Waals surface area contributed by atoms with E-state index in [1.54, 1.807) is 7.11 Å². The molecule has 0 heterocycles. The van der Waals surface area contributed by atoms with Crippen LogP contribution in [0.2, 0.25) is 0 Å². The second-order valence-electron chi connectivity index (χ2n) is 3.38. The van der Waals surface area contributed by atoms with Gasteiger partial charge in [-0.1, -0.05) is 19.1 Å². The fourth-order valence-corrected chi connectivity index (χ4v) is 1.37. The molecule has 1 rings (SSSR count). The van der Waals surface area contributed by atoms with Gasteiger partial charge in [0.2, 0.25) is 0 Å². The van der Waals surface area contributed by atoms with Crippen molar-refractivity contribution in [1.29, 1.82) is 0 Å². The molecule has 1 aromatic rings. The molecule has 0 bridgehead atoms. The van der Waals surface area contributed by atoms with Gasteiger partial charge in [-0.15, -0.1) is 0 Å². The largest absolute Gasteiger partial charge is 0.497 e. The number of benzene rings is 1. The van der Waals surface area contributed by atoms with E-state index < -0.39 is 0 Å². The molecular formula is C12H20N2O. The molecule has 0 atom stereocenters. The Morgan fingerprint density at radius 1 is 1.20 bits per heavy atom. The molecule has 0 aliphatic carbocycles. The van der Waals surface area contributed by atoms with Crippen LogP contribution >= 0.6 is 0 Å². The first kappa shape index (κ1) is 12.0. The molecule has 0 unspecified atom stereocenters. The number of hydrogen-bond donors (Lipinski definition) is 2. The molecule has 0 fully saturated rings. The van der Waals surface area contributed by atoms with Gasteiger partial charge >= 0.3 is 0 Å². The maximum absolute atomic E-state index is 5.16. The van der Waals surface area contributed by atoms with Crippen molar-refractivity contribution in [2.24, 2.45) is 0 Å². The molecular weight excluding hydrogens is 188 g/mol. The zero-order valence-corrected chi connectivity index (χ0v) is 9.55. The number of ether oxygens (including phenoxy) is 1. The number of likely N-dealkylation sites (N-methyl/N-ethyl adjacent to an activating group) is 1. The van der Waals surface area contributed by atoms with Crippen molar-refractivity contribution in [2.45, 2.75) is 13.5 Å². The number of rotatable bonds is 7. The lowest BCUT2D eigenvalue weighted by Crippen LogP contribution is -2.26. The molecule has 0 aliphatic rings. The molecule has 0 aromatic heterocycles. The van der Waals surface area contributed by atoms with Gasteiger partial charge in [0.05, 0.1) is 7.11 Å². The molecule has 0 amide bonds. The summed E-state index contributed by atoms with van der Waals surface area (Å²) in [4.78, 5) is 0. The topological polar surface area (TPSA) is 33.3 Å². The molecule has 0 aliphatic heterocycles. The Kier molecular flexibility index (Phi) is 5.81. The number of hydrogen-bond acceptors (Lipinski definition) is 3. The Bertz CT molecular complexity index is 276. The first-order valence-electron chi connectivity index (χ1n) is 5.41. The third-order valence-electron chi connectivity index (χ3n) is 2.19. The lowest BCUT2D eigenvalue weighted by molar-refractivity contribution is 0.414. The van der Waals surface area contributed by atoms with Crippen LogP contribution in [0.25, 0.3) is 0 Å². The Labute approximate surface area is 91.8 Å². The van der Waals surface area contributed by atoms with Gasteiger partial charge in [0.1, 0.15) is 5.75 Å². The van der Waals surface area contributed by atoms with Crippen LogP contribution < -0.4 is 15.4 Å². The molecule has 0 spiro atoms. The van der Waals surface area contributed by atoms with Crippen LogP contribution in [-0.4, -0.2) is 26.7 Å². The summed E-state index contributed by atoms with van der Waals surface area (Å²) in [5.41, 5.74) is 1.26. The zero-order valence-electron chi connectivity index (χ0n) is 9.55. The molecule has 15 heavy (non-hydrogen) atoms. The monoisotopic (exact) mass is 208 g/mol. The summed E-state index contributed by atoms with van der Waals surface area (Å²) in [6.45, 7) is 6.04. The van der Waals surface area contributed by atoms with Crippen molar-refractivity contribution in [2.75, 3.05) is 26.7 Å². The van der Waals surface area contributed by atoms with Crippen LogP contribution in [0, 0.1) is 0 Å². The van der Waals surface area contributed by atoms with E-state index in [1.165, 1.54) is 5.56 Å². The molecule has 3 nitrogen and oxygen atoms in total. The summed E-state index contributed by atoms with van der Waals surface area (Å²) < 4.78 is 5.16. The van der Waals surface area contributed by atoms with E-state index in [0.29, 0.717) is 0 Å². The zero-order chi connectivity index (χ0) is 10.9. The lowest BCUT2D eigenvalue weighted by Gasteiger charge is -2.06. The van der Waals surface area contributed by atoms with Crippen molar-refractivity contribution >= 4 is 0 Å². The average Bonchev–Trinajstić information content (AvgIpc) is 2.29. The molecule has 1 aromatic carbocycles. The fraction of sp³-hybridized carbons (Fsp3) is 0.500. The molecule has 3 heteroatoms. The Hall–Kier alpha value is -1.06. The minimum Gasteiger partial charge on any atom is -0.497 e. The highest BCUT2D eigenvalue weighted by Gasteiger charge is 1.94. The van der Waals surface area contributed by atoms with Crippen LogP contribution in [0.3, 0.4) is 0 Å². The van der Waals surface area contributed by atoms with Gasteiger partial charge in [-0.3, -0.25) is 0 Å². The summed E-state index contributed by atoms with van der Waals surface area (Å²) >= 11 is 0. The van der Waals surface area contributed by atoms with E-state index in [1.807, 2.05) is 12.1 Å². The van der Waals surface area contributed by atoms with Crippen LogP contribution in [-0.2, 0) is 6.54 Å². The molecule has 2 N–H and O–H groups in total. The minimum atomic E-state index is 0.891. The van der Waals surface area contributed by atoms with Crippen LogP contribution in [0.1, 0.15) is 12.5 Å². The van der Waals surface area contributed by atoms with Crippen LogP contribution in [0.15, 0.2) is 24.3 Å². The van der Waals surface area contributed by atoms with E-state index in [-0.39, 0.29) is 0 Å². The molecule has 84 valence electrons. The number of nitrogens with one attached hydrogen (secondary N) is 2. The minimum absolute atomic E-state index is 0.891. The van der Waals surface area contributed by atoms with Crippen LogP contribution in [0.4, 0.5) is 0 Å². The summed E-state index contributed by atoms with van der Waals surface area (Å²) in [5.74, 6) is 0.918. The highest BCUT2D eigenvalue weighted by atomic mass is 16.5. The second kappa shape index (κ2) is 7.26. The van der Waals surface area contributed by atoms with Gasteiger partial charge in [-0.05, 0) is 24.2 Å². The SMILES string of the molecule is CCNCCNCc1cccc(OC)c1. The van der Waals surface area contributed by atoms with Gasteiger partial charge in [0.25, 0.3) is 0 Å². The van der Waals surface area contributed by atoms with Crippen molar-refractivity contribution in [1.82, 2.24) is 10.6 Å². The molecule has 0 radical (unpaired) electrons. The normalized spacial score (nSPS) is 10.3. The van der Waals surface area contributed by atoms with Crippen molar-refractivity contribution in [3.63, 3.8) is 0 Å². The second-order valence-corrected chi connectivity index (χ2v) is 3.38. The van der Waals surface area contributed by atoms with Gasteiger partial charge < -0.3 is 15.4 Å². The summed E-state index contributed by atoms with van der Waals surface area (Å²) in [6.07, 6.45) is 0. The Balaban J connectivity index is 2.24. The standard InChI is InChI=1S/C12H20N2O/c1-3-13-7-8-14-10-11-5-4-6-12(9-11)15-2/h4-6,9,13-14H,3,7-8,10H2,1-2H3. The van der Waals surface area contributed by atoms with E-state index >= 15 is 0 Å². The predicted octanol–water partition coefficient (Wildman–Crippen LogP) is 1.39. The van der Waals surface area contributed by atoms with Crippen molar-refractivity contribution in [3.8, 4) is 5.75 Å². The summed E-state index contributed by atoms with van der Waals surface area (Å²) in [7, 11) is 1.69. The first-order valence-corrected chi connectivity index (χ1v) is 5.41. The quantitative estimate of drug-likeness (QED) is 0.664. The van der Waals surface area contributed by atoms with Gasteiger partial charge in [-0.2, -0.15) is 0 Å². The molecule has 0 saturated carbocycles. The highest BCUT2D eigenvalue weighted by molar-refractivity contribution is 5.28. The third-order valence-corrected chi connectivity index (χ3v) is 2.19. The lowest BCUT2D eigenvalue weighted by atomic mass is 10.2. The predicted molar refractivity (Wildman–Crippen MR) is 63.2 cm³/mol. The third kappa shape index (κ3) is 4.81. The van der Waals surface area contributed by atoms with E-state index in [0.717, 1.165) is 31.9 Å². The fourth-order valence-electron chi connectivity index (χ4n) is 1.37. The van der Waals surface area contributed by atoms with Gasteiger partial charge in [-0.25, -0.2) is 0 Å². The van der Waals surface area contributed by atoms with E-state index in [4.69, 9.17) is 4.74 Å². The Morgan fingerprint density at radius 3 is 2.73 bits per heavy atom. The first-order chi connectivity index (χ1) is 7.36. The smallest absolute Gasteiger partial charge is 0.119 e. The summed E-state index contributed by atoms with van der Waals surface area (Å²) in [5, 5.41) is 6.64. The Morgan fingerprint density at radius 2 is 2.00 bits per heavy atom. The summed E-state index contributed by atoms with van der Waals surface area (Å²) in [6, 6.07) is 8.13. The van der Waals surface area contributed by atoms with Crippen molar-refractivity contribution < 1.29 is 4.74 Å². The highest BCUT2D eigenvalue weighted by Crippen LogP contribution is 2.11. The maximum atomic E-state index is 5.16. The number of methoxy groups -OCH3 is 1. The maximum Gasteiger partial charge on any atom is 0.119 e. The van der Waals surface area contributed by atoms with Gasteiger partial charge in [0.15, 0.2) is 0 Å². The van der Waals surface area contributed by atoms with Gasteiger partial charge in [0, 0.05) is 19.6 Å². The average molecular weight is 208 g/mol.